The van der Waals surface area contributed by atoms with E-state index < -0.39 is 5.97 Å². The minimum atomic E-state index is -0.840. The normalized spacial score (nSPS) is 22.7. The van der Waals surface area contributed by atoms with Gasteiger partial charge in [-0.3, -0.25) is 9.59 Å². The topological polar surface area (TPSA) is 60.9 Å². The smallest absolute Gasteiger partial charge is 0.305 e. The van der Waals surface area contributed by atoms with E-state index in [0.717, 1.165) is 5.69 Å². The van der Waals surface area contributed by atoms with Gasteiger partial charge in [0, 0.05) is 31.7 Å². The summed E-state index contributed by atoms with van der Waals surface area (Å²) < 4.78 is 0. The Bertz CT molecular complexity index is 489. The molecule has 20 heavy (non-hydrogen) atoms. The Kier molecular flexibility index (Phi) is 4.27. The molecule has 0 aliphatic carbocycles. The van der Waals surface area contributed by atoms with Crippen LogP contribution in [0.2, 0.25) is 0 Å². The largest absolute Gasteiger partial charge is 0.481 e. The van der Waals surface area contributed by atoms with Gasteiger partial charge >= 0.3 is 5.97 Å². The highest BCUT2D eigenvalue weighted by molar-refractivity contribution is 5.75. The summed E-state index contributed by atoms with van der Waals surface area (Å²) in [6.07, 6.45) is 0.0276. The van der Waals surface area contributed by atoms with Gasteiger partial charge in [0.1, 0.15) is 0 Å². The molecule has 0 radical (unpaired) electrons. The molecule has 1 aliphatic heterocycles. The summed E-state index contributed by atoms with van der Waals surface area (Å²) in [5.41, 5.74) is 1.01. The molecule has 1 saturated heterocycles. The van der Waals surface area contributed by atoms with Crippen molar-refractivity contribution in [2.24, 2.45) is 0 Å². The molecule has 1 heterocycles. The maximum absolute atomic E-state index is 11.6. The monoisotopic (exact) mass is 276 g/mol. The molecule has 108 valence electrons. The molecule has 2 atom stereocenters. The van der Waals surface area contributed by atoms with Gasteiger partial charge in [-0.25, -0.2) is 0 Å². The van der Waals surface area contributed by atoms with Crippen LogP contribution < -0.4 is 4.90 Å². The fraction of sp³-hybridized carbons (Fsp3) is 0.467. The number of amides is 1. The number of carbonyl (C=O) groups is 2. The van der Waals surface area contributed by atoms with Crippen molar-refractivity contribution in [3.63, 3.8) is 0 Å². The molecule has 5 heteroatoms. The van der Waals surface area contributed by atoms with Crippen LogP contribution in [-0.2, 0) is 9.59 Å². The number of para-hydroxylation sites is 1. The van der Waals surface area contributed by atoms with Crippen molar-refractivity contribution >= 4 is 17.6 Å². The van der Waals surface area contributed by atoms with Gasteiger partial charge in [0.15, 0.2) is 0 Å². The van der Waals surface area contributed by atoms with Gasteiger partial charge in [0.05, 0.1) is 12.5 Å². The number of hydrogen-bond donors (Lipinski definition) is 1. The number of benzene rings is 1. The molecule has 0 unspecified atom stereocenters. The van der Waals surface area contributed by atoms with Gasteiger partial charge in [-0.2, -0.15) is 0 Å². The summed E-state index contributed by atoms with van der Waals surface area (Å²) in [6, 6.07) is 9.45. The molecule has 0 spiro atoms. The van der Waals surface area contributed by atoms with E-state index in [1.54, 1.807) is 4.90 Å². The van der Waals surface area contributed by atoms with Crippen LogP contribution in [0.1, 0.15) is 20.3 Å². The van der Waals surface area contributed by atoms with Crippen molar-refractivity contribution in [2.75, 3.05) is 18.0 Å². The fourth-order valence-corrected chi connectivity index (χ4v) is 2.90. The highest BCUT2D eigenvalue weighted by Crippen LogP contribution is 2.26. The Hall–Kier alpha value is -2.04. The number of rotatable bonds is 3. The molecule has 1 amide bonds. The van der Waals surface area contributed by atoms with Crippen LogP contribution in [0.15, 0.2) is 30.3 Å². The van der Waals surface area contributed by atoms with Crippen molar-refractivity contribution in [1.82, 2.24) is 4.90 Å². The lowest BCUT2D eigenvalue weighted by Crippen LogP contribution is -2.60. The Morgan fingerprint density at radius 3 is 2.45 bits per heavy atom. The van der Waals surface area contributed by atoms with E-state index in [0.29, 0.717) is 13.1 Å². The van der Waals surface area contributed by atoms with Crippen LogP contribution in [0, 0.1) is 0 Å². The minimum absolute atomic E-state index is 0.000556. The van der Waals surface area contributed by atoms with Crippen LogP contribution in [0.25, 0.3) is 0 Å². The number of carboxylic acids is 1. The van der Waals surface area contributed by atoms with Gasteiger partial charge in [-0.15, -0.1) is 0 Å². The lowest BCUT2D eigenvalue weighted by Gasteiger charge is -2.46. The fourth-order valence-electron chi connectivity index (χ4n) is 2.90. The molecule has 1 N–H and O–H groups in total. The summed E-state index contributed by atoms with van der Waals surface area (Å²) in [6.45, 7) is 4.74. The van der Waals surface area contributed by atoms with Crippen LogP contribution >= 0.6 is 0 Å². The summed E-state index contributed by atoms with van der Waals surface area (Å²) in [5, 5.41) is 9.14. The summed E-state index contributed by atoms with van der Waals surface area (Å²) in [5.74, 6) is -0.839. The van der Waals surface area contributed by atoms with Gasteiger partial charge in [0.25, 0.3) is 0 Å². The van der Waals surface area contributed by atoms with Crippen molar-refractivity contribution in [3.05, 3.63) is 30.3 Å². The molecular formula is C15H20N2O3. The van der Waals surface area contributed by atoms with E-state index in [-0.39, 0.29) is 24.4 Å². The maximum atomic E-state index is 11.6. The third-order valence-electron chi connectivity index (χ3n) is 3.91. The second-order valence-electron chi connectivity index (χ2n) is 5.15. The molecule has 1 aliphatic rings. The van der Waals surface area contributed by atoms with E-state index in [1.807, 2.05) is 37.3 Å². The quantitative estimate of drug-likeness (QED) is 0.910. The number of hydrogen-bond acceptors (Lipinski definition) is 3. The van der Waals surface area contributed by atoms with Gasteiger partial charge in [-0.1, -0.05) is 18.2 Å². The molecule has 2 rings (SSSR count). The average molecular weight is 276 g/mol. The van der Waals surface area contributed by atoms with E-state index >= 15 is 0 Å². The number of piperazine rings is 1. The average Bonchev–Trinajstić information content (AvgIpc) is 2.41. The van der Waals surface area contributed by atoms with Crippen molar-refractivity contribution in [3.8, 4) is 0 Å². The van der Waals surface area contributed by atoms with Crippen LogP contribution in [-0.4, -0.2) is 47.1 Å². The van der Waals surface area contributed by atoms with E-state index in [1.165, 1.54) is 6.92 Å². The Morgan fingerprint density at radius 2 is 1.90 bits per heavy atom. The van der Waals surface area contributed by atoms with E-state index in [2.05, 4.69) is 4.90 Å². The molecule has 1 aromatic carbocycles. The maximum Gasteiger partial charge on any atom is 0.305 e. The summed E-state index contributed by atoms with van der Waals surface area (Å²) in [7, 11) is 0. The predicted octanol–water partition coefficient (Wildman–Crippen LogP) is 1.59. The molecule has 1 aromatic rings. The SMILES string of the molecule is CC(=O)N1CCN(c2ccccc2)[C@@H](CC(=O)O)[C@H]1C. The number of carbonyl (C=O) groups excluding carboxylic acids is 1. The first-order valence-corrected chi connectivity index (χ1v) is 6.81. The highest BCUT2D eigenvalue weighted by Gasteiger charge is 2.36. The lowest BCUT2D eigenvalue weighted by atomic mass is 9.98. The zero-order valence-corrected chi connectivity index (χ0v) is 11.8. The standard InChI is InChI=1S/C15H20N2O3/c1-11-14(10-15(19)20)17(9-8-16(11)12(2)18)13-6-4-3-5-7-13/h3-7,11,14H,8-10H2,1-2H3,(H,19,20)/t11-,14+/m1/s1. The number of carboxylic acid groups (broad SMARTS) is 1. The second-order valence-corrected chi connectivity index (χ2v) is 5.15. The molecule has 0 bridgehead atoms. The second kappa shape index (κ2) is 5.94. The zero-order valence-electron chi connectivity index (χ0n) is 11.8. The van der Waals surface area contributed by atoms with Crippen LogP contribution in [0.5, 0.6) is 0 Å². The van der Waals surface area contributed by atoms with Crippen molar-refractivity contribution in [1.29, 1.82) is 0 Å². The predicted molar refractivity (Wildman–Crippen MR) is 76.7 cm³/mol. The first-order valence-electron chi connectivity index (χ1n) is 6.81. The minimum Gasteiger partial charge on any atom is -0.481 e. The summed E-state index contributed by atoms with van der Waals surface area (Å²) >= 11 is 0. The van der Waals surface area contributed by atoms with Gasteiger partial charge in [0.2, 0.25) is 5.91 Å². The van der Waals surface area contributed by atoms with Crippen molar-refractivity contribution in [2.45, 2.75) is 32.4 Å². The van der Waals surface area contributed by atoms with Crippen LogP contribution in [0.3, 0.4) is 0 Å². The van der Waals surface area contributed by atoms with E-state index in [4.69, 9.17) is 5.11 Å². The number of nitrogens with zero attached hydrogens (tertiary/aromatic N) is 2. The summed E-state index contributed by atoms with van der Waals surface area (Å²) in [4.78, 5) is 26.6. The number of aliphatic carboxylic acids is 1. The Labute approximate surface area is 118 Å². The van der Waals surface area contributed by atoms with Crippen molar-refractivity contribution < 1.29 is 14.7 Å². The third kappa shape index (κ3) is 2.92. The first-order chi connectivity index (χ1) is 9.50. The lowest BCUT2D eigenvalue weighted by molar-refractivity contribution is -0.140. The van der Waals surface area contributed by atoms with Crippen LogP contribution in [0.4, 0.5) is 5.69 Å². The number of anilines is 1. The molecule has 1 fully saturated rings. The molecule has 0 aromatic heterocycles. The highest BCUT2D eigenvalue weighted by atomic mass is 16.4. The molecule has 0 saturated carbocycles. The molecular weight excluding hydrogens is 256 g/mol. The molecule has 5 nitrogen and oxygen atoms in total. The van der Waals surface area contributed by atoms with Gasteiger partial charge < -0.3 is 14.9 Å². The Morgan fingerprint density at radius 1 is 1.25 bits per heavy atom. The van der Waals surface area contributed by atoms with Gasteiger partial charge in [-0.05, 0) is 19.1 Å². The first kappa shape index (κ1) is 14.4. The third-order valence-corrected chi connectivity index (χ3v) is 3.91. The van der Waals surface area contributed by atoms with E-state index in [9.17, 15) is 9.59 Å². The zero-order chi connectivity index (χ0) is 14.7. The Balaban J connectivity index is 2.27.